The lowest BCUT2D eigenvalue weighted by Gasteiger charge is -2.38. The molecule has 2 aliphatic rings. The van der Waals surface area contributed by atoms with Crippen molar-refractivity contribution in [2.45, 2.75) is 18.4 Å². The Kier molecular flexibility index (Phi) is 3.53. The summed E-state index contributed by atoms with van der Waals surface area (Å²) in [7, 11) is 1.69. The molecule has 0 amide bonds. The maximum absolute atomic E-state index is 11.2. The van der Waals surface area contributed by atoms with Crippen molar-refractivity contribution in [1.82, 2.24) is 0 Å². The van der Waals surface area contributed by atoms with Gasteiger partial charge in [-0.25, -0.2) is 0 Å². The van der Waals surface area contributed by atoms with Crippen LogP contribution >= 0.6 is 0 Å². The van der Waals surface area contributed by atoms with Crippen molar-refractivity contribution in [3.63, 3.8) is 0 Å². The van der Waals surface area contributed by atoms with Crippen LogP contribution in [0, 0.1) is 5.92 Å². The molecule has 1 N–H and O–H groups in total. The molecule has 24 heavy (non-hydrogen) atoms. The predicted molar refractivity (Wildman–Crippen MR) is 90.1 cm³/mol. The molecule has 0 bridgehead atoms. The lowest BCUT2D eigenvalue weighted by Crippen LogP contribution is -2.30. The van der Waals surface area contributed by atoms with Crippen molar-refractivity contribution in [3.05, 3.63) is 71.3 Å². The molecule has 0 saturated heterocycles. The Labute approximate surface area is 140 Å². The van der Waals surface area contributed by atoms with Crippen LogP contribution in [0.5, 0.6) is 5.75 Å². The average Bonchev–Trinajstić information content (AvgIpc) is 3.10. The molecule has 0 aromatic heterocycles. The van der Waals surface area contributed by atoms with Gasteiger partial charge in [-0.3, -0.25) is 0 Å². The zero-order valence-corrected chi connectivity index (χ0v) is 13.4. The highest BCUT2D eigenvalue weighted by Crippen LogP contribution is 2.51. The molecule has 4 nitrogen and oxygen atoms in total. The highest BCUT2D eigenvalue weighted by molar-refractivity contribution is 5.87. The van der Waals surface area contributed by atoms with E-state index in [4.69, 9.17) is 4.74 Å². The van der Waals surface area contributed by atoms with Crippen LogP contribution in [0.3, 0.4) is 0 Å². The van der Waals surface area contributed by atoms with Crippen LogP contribution < -0.4 is 15.2 Å². The van der Waals surface area contributed by atoms with E-state index < -0.39 is 5.97 Å². The van der Waals surface area contributed by atoms with Crippen LogP contribution in [0.4, 0.5) is 5.69 Å². The molecule has 2 aromatic rings. The average molecular weight is 320 g/mol. The number of ether oxygens (including phenoxy) is 1. The van der Waals surface area contributed by atoms with Crippen molar-refractivity contribution in [3.8, 4) is 5.75 Å². The number of hydrogen-bond donors (Lipinski definition) is 1. The monoisotopic (exact) mass is 320 g/mol. The Morgan fingerprint density at radius 2 is 2.04 bits per heavy atom. The smallest absolute Gasteiger partial charge is 0.124 e. The minimum Gasteiger partial charge on any atom is -0.545 e. The molecule has 0 spiro atoms. The van der Waals surface area contributed by atoms with E-state index in [1.54, 1.807) is 19.2 Å². The maximum atomic E-state index is 11.2. The molecule has 1 aliphatic heterocycles. The van der Waals surface area contributed by atoms with Gasteiger partial charge in [-0.15, -0.1) is 0 Å². The molecule has 4 rings (SSSR count). The molecular weight excluding hydrogens is 302 g/mol. The predicted octanol–water partition coefficient (Wildman–Crippen LogP) is 2.89. The maximum Gasteiger partial charge on any atom is 0.124 e. The Balaban J connectivity index is 1.80. The van der Waals surface area contributed by atoms with Gasteiger partial charge in [-0.05, 0) is 41.7 Å². The Bertz CT molecular complexity index is 827. The molecular formula is C20H18NO3-. The molecule has 0 fully saturated rings. The lowest BCUT2D eigenvalue weighted by molar-refractivity contribution is -0.255. The summed E-state index contributed by atoms with van der Waals surface area (Å²) in [6, 6.07) is 13.4. The fraction of sp³-hybridized carbons (Fsp3) is 0.250. The van der Waals surface area contributed by atoms with Gasteiger partial charge in [0.2, 0.25) is 0 Å². The summed E-state index contributed by atoms with van der Waals surface area (Å²) >= 11 is 0. The third-order valence-electron chi connectivity index (χ3n) is 5.07. The first kappa shape index (κ1) is 14.8. The fourth-order valence-electron chi connectivity index (χ4n) is 3.95. The van der Waals surface area contributed by atoms with Gasteiger partial charge in [-0.1, -0.05) is 36.4 Å². The second-order valence-electron chi connectivity index (χ2n) is 6.31. The summed E-state index contributed by atoms with van der Waals surface area (Å²) in [5.41, 5.74) is 3.36. The Hall–Kier alpha value is -2.75. The van der Waals surface area contributed by atoms with E-state index >= 15 is 0 Å². The van der Waals surface area contributed by atoms with E-state index in [1.807, 2.05) is 24.3 Å². The number of nitrogens with one attached hydrogen (secondary N) is 1. The van der Waals surface area contributed by atoms with Crippen LogP contribution in [0.2, 0.25) is 0 Å². The van der Waals surface area contributed by atoms with Gasteiger partial charge in [-0.2, -0.15) is 0 Å². The van der Waals surface area contributed by atoms with E-state index in [1.165, 1.54) is 0 Å². The van der Waals surface area contributed by atoms with Gasteiger partial charge >= 0.3 is 0 Å². The molecule has 122 valence electrons. The zero-order valence-electron chi connectivity index (χ0n) is 13.4. The number of allylic oxidation sites excluding steroid dienone is 2. The molecule has 1 aliphatic carbocycles. The number of carbonyl (C=O) groups excluding carboxylic acids is 1. The van der Waals surface area contributed by atoms with Crippen molar-refractivity contribution in [2.24, 2.45) is 5.92 Å². The highest BCUT2D eigenvalue weighted by atomic mass is 16.5. The number of para-hydroxylation sites is 1. The minimum atomic E-state index is -1.14. The number of fused-ring (bicyclic) bond motifs is 3. The number of benzene rings is 2. The molecule has 4 heteroatoms. The van der Waals surface area contributed by atoms with E-state index in [2.05, 4.69) is 23.5 Å². The number of methoxy groups -OCH3 is 1. The van der Waals surface area contributed by atoms with Crippen LogP contribution in [-0.2, 0) is 0 Å². The van der Waals surface area contributed by atoms with Crippen LogP contribution in [-0.4, -0.2) is 13.1 Å². The van der Waals surface area contributed by atoms with Gasteiger partial charge in [0.25, 0.3) is 0 Å². The second kappa shape index (κ2) is 5.71. The normalized spacial score (nSPS) is 24.0. The highest BCUT2D eigenvalue weighted by Gasteiger charge is 2.38. The van der Waals surface area contributed by atoms with Gasteiger partial charge < -0.3 is 20.0 Å². The minimum absolute atomic E-state index is 0.127. The largest absolute Gasteiger partial charge is 0.545 e. The number of rotatable bonds is 3. The van der Waals surface area contributed by atoms with Gasteiger partial charge in [0.1, 0.15) is 5.75 Å². The number of carboxylic acid groups (broad SMARTS) is 1. The zero-order chi connectivity index (χ0) is 16.7. The van der Waals surface area contributed by atoms with E-state index in [9.17, 15) is 9.90 Å². The SMILES string of the molecule is COc1ccccc1[C@H]1Nc2ccc(C(=O)[O-])cc2[C@@H]2C=CC[C@@H]12. The van der Waals surface area contributed by atoms with Crippen molar-refractivity contribution < 1.29 is 14.6 Å². The topological polar surface area (TPSA) is 61.4 Å². The van der Waals surface area contributed by atoms with E-state index in [-0.39, 0.29) is 17.5 Å². The van der Waals surface area contributed by atoms with Crippen LogP contribution in [0.15, 0.2) is 54.6 Å². The first-order valence-electron chi connectivity index (χ1n) is 8.10. The van der Waals surface area contributed by atoms with Gasteiger partial charge in [0.15, 0.2) is 0 Å². The van der Waals surface area contributed by atoms with Gasteiger partial charge in [0, 0.05) is 17.2 Å². The van der Waals surface area contributed by atoms with E-state index in [0.29, 0.717) is 5.92 Å². The number of anilines is 1. The molecule has 3 atom stereocenters. The summed E-state index contributed by atoms with van der Waals surface area (Å²) in [6.07, 6.45) is 5.32. The summed E-state index contributed by atoms with van der Waals surface area (Å²) in [5, 5.41) is 14.8. The molecule has 2 aromatic carbocycles. The molecule has 1 heterocycles. The Morgan fingerprint density at radius 3 is 2.83 bits per heavy atom. The third-order valence-corrected chi connectivity index (χ3v) is 5.07. The standard InChI is InChI=1S/C20H19NO3/c1-24-18-8-3-2-5-15(18)19-14-7-4-6-13(14)16-11-12(20(22)23)9-10-17(16)21-19/h2-6,8-11,13-14,19,21H,7H2,1H3,(H,22,23)/p-1/t13-,14-,19+/m1/s1. The van der Waals surface area contributed by atoms with Crippen molar-refractivity contribution in [1.29, 1.82) is 0 Å². The third kappa shape index (κ3) is 2.26. The number of hydrogen-bond acceptors (Lipinski definition) is 4. The summed E-state index contributed by atoms with van der Waals surface area (Å²) in [4.78, 5) is 11.2. The van der Waals surface area contributed by atoms with Crippen molar-refractivity contribution in [2.75, 3.05) is 12.4 Å². The Morgan fingerprint density at radius 1 is 1.21 bits per heavy atom. The summed E-state index contributed by atoms with van der Waals surface area (Å²) < 4.78 is 5.54. The van der Waals surface area contributed by atoms with Crippen LogP contribution in [0.1, 0.15) is 39.9 Å². The summed E-state index contributed by atoms with van der Waals surface area (Å²) in [6.45, 7) is 0. The fourth-order valence-corrected chi connectivity index (χ4v) is 3.95. The molecule has 0 radical (unpaired) electrons. The lowest BCUT2D eigenvalue weighted by atomic mass is 9.76. The number of carboxylic acids is 1. The molecule has 0 saturated carbocycles. The number of aromatic carboxylic acids is 1. The molecule has 0 unspecified atom stereocenters. The first-order valence-corrected chi connectivity index (χ1v) is 8.10. The van der Waals surface area contributed by atoms with Crippen LogP contribution in [0.25, 0.3) is 0 Å². The second-order valence-corrected chi connectivity index (χ2v) is 6.31. The van der Waals surface area contributed by atoms with Crippen molar-refractivity contribution >= 4 is 11.7 Å². The van der Waals surface area contributed by atoms with Gasteiger partial charge in [0.05, 0.1) is 19.1 Å². The first-order chi connectivity index (χ1) is 11.7. The quantitative estimate of drug-likeness (QED) is 0.883. The summed E-state index contributed by atoms with van der Waals surface area (Å²) in [5.74, 6) is 0.278. The number of carbonyl (C=O) groups is 1. The van der Waals surface area contributed by atoms with E-state index in [0.717, 1.165) is 29.0 Å².